The Morgan fingerprint density at radius 1 is 0.684 bits per heavy atom. The van der Waals surface area contributed by atoms with E-state index in [9.17, 15) is 0 Å². The van der Waals surface area contributed by atoms with Crippen molar-refractivity contribution in [2.45, 2.75) is 0 Å². The molecule has 19 heavy (non-hydrogen) atoms. The first-order valence-electron chi connectivity index (χ1n) is 4.21. The average Bonchev–Trinajstić information content (AvgIpc) is 2.27. The molecule has 0 heterocycles. The second-order valence-corrected chi connectivity index (χ2v) is 2.81. The Balaban J connectivity index is -0.0000000825. The van der Waals surface area contributed by atoms with Gasteiger partial charge in [-0.2, -0.15) is 0 Å². The summed E-state index contributed by atoms with van der Waals surface area (Å²) in [5, 5.41) is 33.1. The first-order chi connectivity index (χ1) is 8.69. The third-order valence-corrected chi connectivity index (χ3v) is 0.782. The standard InChI is InChI=1S/2C2H8N2.Co.NO3.2NO2/c2*3-1-2-4;;2-1(3)4;2*2-1-3/h2*1-4H2;;;;/q;;+1;-1;;. The number of nitrogens with zero attached hydrogens (tertiary/aromatic N) is 3. The fraction of sp³-hybridized carbons (Fsp3) is 1.00. The first-order valence-corrected chi connectivity index (χ1v) is 5.14. The molecule has 0 atom stereocenters. The Kier molecular flexibility index (Phi) is 34.6. The van der Waals surface area contributed by atoms with Gasteiger partial charge in [0.25, 0.3) is 0 Å². The van der Waals surface area contributed by atoms with Crippen molar-refractivity contribution in [1.29, 1.82) is 0 Å². The molecule has 0 aliphatic rings. The van der Waals surface area contributed by atoms with Crippen LogP contribution in [-0.2, 0) is 15.1 Å². The number of hydrogen-bond acceptors (Lipinski definition) is 11. The molecule has 0 saturated heterocycles. The van der Waals surface area contributed by atoms with E-state index in [0.29, 0.717) is 26.2 Å². The Bertz CT molecular complexity index is 205. The Hall–Kier alpha value is -1.65. The van der Waals surface area contributed by atoms with Crippen LogP contribution in [0.15, 0.2) is 0 Å². The molecule has 0 rings (SSSR count). The van der Waals surface area contributed by atoms with Crippen molar-refractivity contribution in [2.75, 3.05) is 26.2 Å². The molecule has 0 fully saturated rings. The molecule has 0 aromatic carbocycles. The van der Waals surface area contributed by atoms with E-state index in [-0.39, 0.29) is 0 Å². The van der Waals surface area contributed by atoms with Gasteiger partial charge in [-0.05, 0) is 0 Å². The number of nitro groups is 2. The molecule has 0 amide bonds. The van der Waals surface area contributed by atoms with E-state index in [4.69, 9.17) is 58.5 Å². The zero-order valence-corrected chi connectivity index (χ0v) is 10.7. The molecule has 8 N–H and O–H groups in total. The fourth-order valence-corrected chi connectivity index (χ4v) is 0.183. The smallest absolute Gasteiger partial charge is 0.0689 e. The monoisotopic (exact) mass is 333 g/mol. The van der Waals surface area contributed by atoms with Gasteiger partial charge in [-0.3, -0.25) is 0 Å². The Morgan fingerprint density at radius 2 is 0.842 bits per heavy atom. The van der Waals surface area contributed by atoms with Crippen LogP contribution >= 0.6 is 0 Å². The molecule has 0 aromatic rings. The van der Waals surface area contributed by atoms with Crippen molar-refractivity contribution in [2.24, 2.45) is 22.9 Å². The maximum absolute atomic E-state index is 9.16. The SMILES string of the molecule is NCCN.NCCN.O=[N+]([O-])[Co+][N+](=O)[O-].O=[N+]([O-])[O-]. The van der Waals surface area contributed by atoms with Crippen LogP contribution in [0.5, 0.6) is 0 Å². The van der Waals surface area contributed by atoms with E-state index in [2.05, 4.69) is 0 Å². The summed E-state index contributed by atoms with van der Waals surface area (Å²) in [5.41, 5.74) is 19.6. The van der Waals surface area contributed by atoms with Crippen LogP contribution in [-0.4, -0.2) is 39.2 Å². The van der Waals surface area contributed by atoms with Gasteiger partial charge in [0, 0.05) is 26.2 Å². The van der Waals surface area contributed by atoms with Gasteiger partial charge < -0.3 is 38.3 Å². The van der Waals surface area contributed by atoms with Gasteiger partial charge in [-0.15, -0.1) is 0 Å². The molecule has 0 aromatic heterocycles. The first kappa shape index (κ1) is 26.0. The van der Waals surface area contributed by atoms with Crippen LogP contribution < -0.4 is 22.9 Å². The second kappa shape index (κ2) is 25.3. The molecule has 0 bridgehead atoms. The molecule has 0 aliphatic carbocycles. The molecule has 0 spiro atoms. The maximum atomic E-state index is 9.16. The van der Waals surface area contributed by atoms with Gasteiger partial charge in [0.1, 0.15) is 0 Å². The maximum Gasteiger partial charge on any atom is 0.0689 e. The molecule has 15 heteroatoms. The summed E-state index contributed by atoms with van der Waals surface area (Å²) < 4.78 is -2.06. The van der Waals surface area contributed by atoms with Crippen molar-refractivity contribution in [3.8, 4) is 0 Å². The van der Waals surface area contributed by atoms with E-state index < -0.39 is 28.2 Å². The van der Waals surface area contributed by atoms with Gasteiger partial charge >= 0.3 is 43.3 Å². The van der Waals surface area contributed by atoms with Crippen molar-refractivity contribution in [1.82, 2.24) is 0 Å². The molecular weight excluding hydrogens is 317 g/mol. The molecule has 0 unspecified atom stereocenters. The molecule has 14 nitrogen and oxygen atoms in total. The minimum Gasteiger partial charge on any atom is -0.356 e. The van der Waals surface area contributed by atoms with Gasteiger partial charge in [-0.1, -0.05) is 0 Å². The molecule has 0 saturated carbocycles. The minimum absolute atomic E-state index is 0.597. The van der Waals surface area contributed by atoms with Crippen molar-refractivity contribution >= 4 is 0 Å². The normalized spacial score (nSPS) is 7.58. The van der Waals surface area contributed by atoms with E-state index >= 15 is 0 Å². The van der Waals surface area contributed by atoms with Crippen LogP contribution in [0, 0.1) is 35.6 Å². The van der Waals surface area contributed by atoms with E-state index in [1.54, 1.807) is 0 Å². The quantitative estimate of drug-likeness (QED) is 0.298. The second-order valence-electron chi connectivity index (χ2n) is 1.84. The topological polar surface area (TPSA) is 257 Å². The van der Waals surface area contributed by atoms with Gasteiger partial charge in [-0.25, -0.2) is 0 Å². The number of hydrogen-bond donors (Lipinski definition) is 4. The minimum atomic E-state index is -1.75. The van der Waals surface area contributed by atoms with E-state index in [1.165, 1.54) is 0 Å². The summed E-state index contributed by atoms with van der Waals surface area (Å²) >= 11 is -0.951. The van der Waals surface area contributed by atoms with E-state index in [0.717, 1.165) is 0 Å². The van der Waals surface area contributed by atoms with Crippen LogP contribution in [0.2, 0.25) is 0 Å². The van der Waals surface area contributed by atoms with Crippen molar-refractivity contribution in [3.05, 3.63) is 35.6 Å². The zero-order chi connectivity index (χ0) is 16.3. The summed E-state index contributed by atoms with van der Waals surface area (Å²) in [4.78, 5) is 26.6. The predicted octanol–water partition coefficient (Wildman–Crippen LogP) is -2.98. The van der Waals surface area contributed by atoms with Gasteiger partial charge in [0.05, 0.1) is 5.09 Å². The Labute approximate surface area is 113 Å². The number of nitrogens with two attached hydrogens (primary N) is 4. The molecule has 0 radical (unpaired) electrons. The fourth-order valence-electron chi connectivity index (χ4n) is 0.0444. The number of rotatable bonds is 4. The zero-order valence-electron chi connectivity index (χ0n) is 9.67. The summed E-state index contributed by atoms with van der Waals surface area (Å²) in [5.74, 6) is 0. The molecule has 118 valence electrons. The van der Waals surface area contributed by atoms with Crippen LogP contribution in [0.1, 0.15) is 0 Å². The summed E-state index contributed by atoms with van der Waals surface area (Å²) in [6.45, 7) is 2.39. The molecular formula is C4H16CoN7O7. The average molecular weight is 333 g/mol. The third-order valence-electron chi connectivity index (χ3n) is 0.442. The summed E-state index contributed by atoms with van der Waals surface area (Å²) in [7, 11) is 0. The summed E-state index contributed by atoms with van der Waals surface area (Å²) in [6.07, 6.45) is 0. The van der Waals surface area contributed by atoms with Gasteiger partial charge in [0.15, 0.2) is 0 Å². The third kappa shape index (κ3) is 178. The Morgan fingerprint density at radius 3 is 0.842 bits per heavy atom. The largest absolute Gasteiger partial charge is 0.356 e. The van der Waals surface area contributed by atoms with Gasteiger partial charge in [0.2, 0.25) is 0 Å². The van der Waals surface area contributed by atoms with E-state index in [1.807, 2.05) is 0 Å². The molecule has 0 aliphatic heterocycles. The van der Waals surface area contributed by atoms with Crippen LogP contribution in [0.3, 0.4) is 0 Å². The van der Waals surface area contributed by atoms with Crippen LogP contribution in [0.4, 0.5) is 0 Å². The summed E-state index contributed by atoms with van der Waals surface area (Å²) in [6, 6.07) is 0. The van der Waals surface area contributed by atoms with Crippen LogP contribution in [0.25, 0.3) is 0 Å². The van der Waals surface area contributed by atoms with Crippen molar-refractivity contribution < 1.29 is 28.2 Å². The predicted molar refractivity (Wildman–Crippen MR) is 60.6 cm³/mol. The van der Waals surface area contributed by atoms with Crippen molar-refractivity contribution in [3.63, 3.8) is 0 Å².